The smallest absolute Gasteiger partial charge is 0.309 e. The Morgan fingerprint density at radius 2 is 1.68 bits per heavy atom. The van der Waals surface area contributed by atoms with Crippen molar-refractivity contribution in [1.82, 2.24) is 15.2 Å². The molecule has 220 valence electrons. The van der Waals surface area contributed by atoms with Gasteiger partial charge in [-0.2, -0.15) is 8.78 Å². The number of carbonyl (C=O) groups excluding carboxylic acids is 2. The number of carbonyl (C=O) groups is 3. The van der Waals surface area contributed by atoms with Crippen molar-refractivity contribution >= 4 is 56.3 Å². The molecule has 13 heteroatoms. The van der Waals surface area contributed by atoms with Crippen molar-refractivity contribution in [2.45, 2.75) is 76.9 Å². The zero-order valence-electron chi connectivity index (χ0n) is 22.8. The molecule has 0 saturated heterocycles. The van der Waals surface area contributed by atoms with Crippen LogP contribution >= 0.6 is 32.4 Å². The summed E-state index contributed by atoms with van der Waals surface area (Å²) in [5.74, 6) is -2.40. The predicted octanol–water partition coefficient (Wildman–Crippen LogP) is 5.97. The minimum absolute atomic E-state index is 0.00699. The number of alkyl halides is 2. The Bertz CT molecular complexity index is 1190. The Morgan fingerprint density at radius 1 is 1.15 bits per heavy atom. The van der Waals surface area contributed by atoms with Crippen molar-refractivity contribution in [2.75, 3.05) is 13.1 Å². The van der Waals surface area contributed by atoms with Crippen LogP contribution in [0.2, 0.25) is 10.0 Å². The van der Waals surface area contributed by atoms with E-state index >= 15 is 8.78 Å². The number of nitrogens with zero attached hydrogens (tertiary/aromatic N) is 2. The van der Waals surface area contributed by atoms with Gasteiger partial charge in [0, 0.05) is 30.7 Å². The second-order valence-electron chi connectivity index (χ2n) is 11.6. The van der Waals surface area contributed by atoms with E-state index in [4.69, 9.17) is 28.6 Å². The molecular formula is C27H35Cl2F2N4O4P. The molecule has 1 atom stereocenters. The quantitative estimate of drug-likeness (QED) is 0.115. The maximum atomic E-state index is 15.1. The number of allylic oxidation sites excluding steroid dienone is 1. The van der Waals surface area contributed by atoms with Gasteiger partial charge in [0.25, 0.3) is 11.6 Å². The lowest BCUT2D eigenvalue weighted by Gasteiger charge is -2.52. The number of carboxylic acid groups (broad SMARTS) is 1. The number of carboxylic acids is 1. The third-order valence-corrected chi connectivity index (χ3v) is 9.26. The zero-order valence-corrected chi connectivity index (χ0v) is 25.4. The Morgan fingerprint density at radius 3 is 2.10 bits per heavy atom. The van der Waals surface area contributed by atoms with Crippen LogP contribution in [0, 0.1) is 16.2 Å². The lowest BCUT2D eigenvalue weighted by Crippen LogP contribution is -2.58. The van der Waals surface area contributed by atoms with Crippen LogP contribution in [0.3, 0.4) is 0 Å². The fourth-order valence-electron chi connectivity index (χ4n) is 5.46. The number of nitrogens with one attached hydrogen (secondary N) is 2. The van der Waals surface area contributed by atoms with Gasteiger partial charge < -0.3 is 20.7 Å². The molecule has 1 aromatic heterocycles. The summed E-state index contributed by atoms with van der Waals surface area (Å²) in [5, 5.41) is 20.6. The molecule has 3 aliphatic rings. The summed E-state index contributed by atoms with van der Waals surface area (Å²) in [4.78, 5) is 44.0. The van der Waals surface area contributed by atoms with Crippen molar-refractivity contribution in [3.05, 3.63) is 39.3 Å². The van der Waals surface area contributed by atoms with Crippen LogP contribution in [0.15, 0.2) is 23.7 Å². The number of pyridine rings is 1. The van der Waals surface area contributed by atoms with Crippen LogP contribution in [0.25, 0.3) is 0 Å². The molecule has 0 aliphatic heterocycles. The number of aliphatic carboxylic acids is 1. The molecule has 3 saturated carbocycles. The van der Waals surface area contributed by atoms with E-state index in [1.165, 1.54) is 21.6 Å². The SMILES string of the molecule is CCC(C)(C)CN(CC(=O)c1c(Cl)cncc1Cl)C(=O)/C(C=N)=C(/NC12CCC(C(=O)O)(CC1)CC2)C(F)(F)P. The molecule has 8 nitrogen and oxygen atoms in total. The summed E-state index contributed by atoms with van der Waals surface area (Å²) < 4.78 is 30.3. The minimum atomic E-state index is -3.61. The van der Waals surface area contributed by atoms with Crippen LogP contribution in [-0.2, 0) is 9.59 Å². The maximum Gasteiger partial charge on any atom is 0.309 e. The van der Waals surface area contributed by atoms with Gasteiger partial charge in [-0.05, 0) is 50.4 Å². The Balaban J connectivity index is 2.01. The first-order valence-corrected chi connectivity index (χ1v) is 14.4. The number of fused-ring (bicyclic) bond motifs is 3. The van der Waals surface area contributed by atoms with Crippen LogP contribution in [0.4, 0.5) is 8.78 Å². The Hall–Kier alpha value is -2.16. The summed E-state index contributed by atoms with van der Waals surface area (Å²) in [7, 11) is 1.42. The van der Waals surface area contributed by atoms with E-state index in [9.17, 15) is 19.5 Å². The van der Waals surface area contributed by atoms with Crippen LogP contribution in [0.1, 0.15) is 76.1 Å². The van der Waals surface area contributed by atoms with E-state index in [0.717, 1.165) is 4.90 Å². The highest BCUT2D eigenvalue weighted by Crippen LogP contribution is 2.53. The van der Waals surface area contributed by atoms with E-state index in [0.29, 0.717) is 51.2 Å². The van der Waals surface area contributed by atoms with Crippen LogP contribution in [-0.4, -0.2) is 63.2 Å². The molecule has 3 N–H and O–H groups in total. The number of ketones is 1. The van der Waals surface area contributed by atoms with Crippen molar-refractivity contribution in [3.8, 4) is 0 Å². The number of halogens is 4. The lowest BCUT2D eigenvalue weighted by molar-refractivity contribution is -0.156. The summed E-state index contributed by atoms with van der Waals surface area (Å²) >= 11 is 12.3. The number of hydrogen-bond acceptors (Lipinski definition) is 6. The van der Waals surface area contributed by atoms with Gasteiger partial charge in [-0.3, -0.25) is 19.4 Å². The molecule has 0 radical (unpaired) electrons. The molecule has 2 bridgehead atoms. The first-order chi connectivity index (χ1) is 18.5. The van der Waals surface area contributed by atoms with Crippen molar-refractivity contribution in [3.63, 3.8) is 0 Å². The van der Waals surface area contributed by atoms with Gasteiger partial charge >= 0.3 is 5.97 Å². The van der Waals surface area contributed by atoms with E-state index in [1.807, 2.05) is 20.8 Å². The van der Waals surface area contributed by atoms with E-state index in [2.05, 4.69) is 10.3 Å². The van der Waals surface area contributed by atoms with Gasteiger partial charge in [0.05, 0.1) is 38.8 Å². The van der Waals surface area contributed by atoms with Gasteiger partial charge in [0.15, 0.2) is 5.78 Å². The highest BCUT2D eigenvalue weighted by atomic mass is 35.5. The number of amides is 1. The van der Waals surface area contributed by atoms with Crippen molar-refractivity contribution < 1.29 is 28.3 Å². The maximum absolute atomic E-state index is 15.1. The summed E-state index contributed by atoms with van der Waals surface area (Å²) in [6.45, 7) is 5.18. The van der Waals surface area contributed by atoms with Crippen molar-refractivity contribution in [1.29, 1.82) is 5.41 Å². The van der Waals surface area contributed by atoms with Gasteiger partial charge in [0.2, 0.25) is 0 Å². The molecule has 1 amide bonds. The Kier molecular flexibility index (Phi) is 9.69. The normalized spacial score (nSPS) is 23.3. The van der Waals surface area contributed by atoms with E-state index in [1.54, 1.807) is 0 Å². The first-order valence-electron chi connectivity index (χ1n) is 13.0. The van der Waals surface area contributed by atoms with Gasteiger partial charge in [-0.1, -0.05) is 53.2 Å². The molecule has 1 aromatic rings. The second kappa shape index (κ2) is 12.0. The van der Waals surface area contributed by atoms with Gasteiger partial charge in [-0.15, -0.1) is 0 Å². The van der Waals surface area contributed by atoms with Gasteiger partial charge in [-0.25, -0.2) is 0 Å². The fourth-order valence-corrected chi connectivity index (χ4v) is 6.26. The fraction of sp³-hybridized carbons (Fsp3) is 0.593. The first kappa shape index (κ1) is 32.4. The highest BCUT2D eigenvalue weighted by Gasteiger charge is 2.54. The number of aromatic nitrogens is 1. The van der Waals surface area contributed by atoms with Crippen LogP contribution < -0.4 is 5.32 Å². The molecule has 40 heavy (non-hydrogen) atoms. The standard InChI is InChI=1S/C27H35Cl2F2N4O4P/c1-4-24(2,3)15-35(14-19(36)20-17(28)12-33-13-18(20)29)22(37)16(11-32)21(27(30,31)40)34-26-8-5-25(6-9-26,7-10-26)23(38)39/h11-13,32,34H,4-10,14-15,40H2,1-3H3,(H,38,39)/b21-16+,32-11?. The number of hydrogen-bond donors (Lipinski definition) is 3. The minimum Gasteiger partial charge on any atom is -0.481 e. The summed E-state index contributed by atoms with van der Waals surface area (Å²) in [6.07, 6.45) is 5.70. The summed E-state index contributed by atoms with van der Waals surface area (Å²) in [5.41, 5.74) is -7.14. The molecule has 0 spiro atoms. The molecule has 0 aromatic carbocycles. The molecule has 3 fully saturated rings. The van der Waals surface area contributed by atoms with Crippen molar-refractivity contribution in [2.24, 2.45) is 10.8 Å². The van der Waals surface area contributed by atoms with E-state index < -0.39 is 57.5 Å². The lowest BCUT2D eigenvalue weighted by atomic mass is 9.57. The monoisotopic (exact) mass is 618 g/mol. The topological polar surface area (TPSA) is 123 Å². The predicted molar refractivity (Wildman–Crippen MR) is 153 cm³/mol. The Labute approximate surface area is 245 Å². The third kappa shape index (κ3) is 6.82. The largest absolute Gasteiger partial charge is 0.481 e. The van der Waals surface area contributed by atoms with Crippen LogP contribution in [0.5, 0.6) is 0 Å². The second-order valence-corrected chi connectivity index (χ2v) is 13.2. The molecule has 1 heterocycles. The molecule has 4 rings (SSSR count). The average molecular weight is 619 g/mol. The summed E-state index contributed by atoms with van der Waals surface area (Å²) in [6, 6.07) is 0. The highest BCUT2D eigenvalue weighted by molar-refractivity contribution is 7.18. The van der Waals surface area contributed by atoms with Gasteiger partial charge in [0.1, 0.15) is 0 Å². The average Bonchev–Trinajstić information content (AvgIpc) is 2.88. The number of Topliss-reactive ketones (excluding diaryl/α,β-unsaturated/α-hetero) is 1. The van der Waals surface area contributed by atoms with E-state index in [-0.39, 0.29) is 22.2 Å². The third-order valence-electron chi connectivity index (χ3n) is 8.40. The molecule has 1 unspecified atom stereocenters. The zero-order chi connectivity index (χ0) is 30.1. The molecular weight excluding hydrogens is 584 g/mol. The molecule has 3 aliphatic carbocycles. The number of rotatable bonds is 12.